The second-order valence-corrected chi connectivity index (χ2v) is 5.69. The molecule has 0 bridgehead atoms. The van der Waals surface area contributed by atoms with Crippen LogP contribution in [0.25, 0.3) is 0 Å². The second-order valence-electron chi connectivity index (χ2n) is 5.69. The van der Waals surface area contributed by atoms with Gasteiger partial charge in [0.25, 0.3) is 0 Å². The van der Waals surface area contributed by atoms with Crippen LogP contribution < -0.4 is 14.8 Å². The van der Waals surface area contributed by atoms with Crippen LogP contribution in [0.4, 0.5) is 11.4 Å². The summed E-state index contributed by atoms with van der Waals surface area (Å²) in [6.07, 6.45) is 0. The summed E-state index contributed by atoms with van der Waals surface area (Å²) >= 11 is 0. The molecule has 2 rings (SSSR count). The SMILES string of the molecule is COCCOc1cc(NC(=O)Cn2nc(C)c([N+](=O)[O-])c2C)ccc1OC. The number of aryl methyl sites for hydroxylation is 1. The molecule has 0 aliphatic heterocycles. The minimum absolute atomic E-state index is 0.0823. The highest BCUT2D eigenvalue weighted by atomic mass is 16.6. The van der Waals surface area contributed by atoms with Crippen molar-refractivity contribution < 1.29 is 23.9 Å². The van der Waals surface area contributed by atoms with Gasteiger partial charge >= 0.3 is 5.69 Å². The maximum absolute atomic E-state index is 12.3. The lowest BCUT2D eigenvalue weighted by molar-refractivity contribution is -0.386. The van der Waals surface area contributed by atoms with E-state index < -0.39 is 4.92 Å². The topological polar surface area (TPSA) is 118 Å². The van der Waals surface area contributed by atoms with Gasteiger partial charge in [0.1, 0.15) is 24.5 Å². The lowest BCUT2D eigenvalue weighted by atomic mass is 10.2. The maximum Gasteiger partial charge on any atom is 0.312 e. The molecule has 0 atom stereocenters. The van der Waals surface area contributed by atoms with Gasteiger partial charge in [0.05, 0.1) is 18.6 Å². The number of methoxy groups -OCH3 is 2. The van der Waals surface area contributed by atoms with Crippen molar-refractivity contribution in [3.05, 3.63) is 39.7 Å². The average molecular weight is 378 g/mol. The highest BCUT2D eigenvalue weighted by Gasteiger charge is 2.22. The molecule has 1 heterocycles. The number of ether oxygens (including phenoxy) is 3. The molecule has 10 heteroatoms. The van der Waals surface area contributed by atoms with Gasteiger partial charge in [-0.2, -0.15) is 5.10 Å². The predicted molar refractivity (Wildman–Crippen MR) is 97.4 cm³/mol. The van der Waals surface area contributed by atoms with E-state index in [0.717, 1.165) is 0 Å². The average Bonchev–Trinajstić information content (AvgIpc) is 2.88. The third kappa shape index (κ3) is 4.94. The Kier molecular flexibility index (Phi) is 6.72. The number of rotatable bonds is 9. The molecule has 1 aromatic carbocycles. The third-order valence-corrected chi connectivity index (χ3v) is 3.81. The van der Waals surface area contributed by atoms with E-state index in [1.807, 2.05) is 0 Å². The largest absolute Gasteiger partial charge is 0.493 e. The Morgan fingerprint density at radius 2 is 2.00 bits per heavy atom. The van der Waals surface area contributed by atoms with E-state index in [2.05, 4.69) is 10.4 Å². The van der Waals surface area contributed by atoms with Crippen LogP contribution in [0.3, 0.4) is 0 Å². The number of benzene rings is 1. The van der Waals surface area contributed by atoms with Crippen molar-refractivity contribution in [1.82, 2.24) is 9.78 Å². The van der Waals surface area contributed by atoms with Crippen LogP contribution in [0.2, 0.25) is 0 Å². The number of carbonyl (C=O) groups is 1. The molecule has 146 valence electrons. The Hall–Kier alpha value is -3.14. The Morgan fingerprint density at radius 1 is 1.26 bits per heavy atom. The number of nitrogens with zero attached hydrogens (tertiary/aromatic N) is 3. The maximum atomic E-state index is 12.3. The Balaban J connectivity index is 2.10. The summed E-state index contributed by atoms with van der Waals surface area (Å²) in [5.41, 5.74) is 1.01. The fourth-order valence-electron chi connectivity index (χ4n) is 2.54. The van der Waals surface area contributed by atoms with Gasteiger partial charge in [-0.05, 0) is 26.0 Å². The molecule has 0 aliphatic carbocycles. The molecule has 0 unspecified atom stereocenters. The van der Waals surface area contributed by atoms with Gasteiger partial charge in [0, 0.05) is 18.9 Å². The molecule has 2 aromatic rings. The molecule has 0 saturated carbocycles. The Labute approximate surface area is 156 Å². The number of hydrogen-bond donors (Lipinski definition) is 1. The molecule has 0 saturated heterocycles. The number of nitrogens with one attached hydrogen (secondary N) is 1. The molecule has 0 spiro atoms. The monoisotopic (exact) mass is 378 g/mol. The van der Waals surface area contributed by atoms with Crippen LogP contribution in [0, 0.1) is 24.0 Å². The van der Waals surface area contributed by atoms with Crippen LogP contribution >= 0.6 is 0 Å². The van der Waals surface area contributed by atoms with Crippen molar-refractivity contribution in [3.63, 3.8) is 0 Å². The van der Waals surface area contributed by atoms with Crippen LogP contribution in [-0.2, 0) is 16.1 Å². The normalized spacial score (nSPS) is 10.5. The Bertz CT molecular complexity index is 833. The molecule has 0 radical (unpaired) electrons. The van der Waals surface area contributed by atoms with E-state index in [-0.39, 0.29) is 23.8 Å². The second kappa shape index (κ2) is 8.99. The lowest BCUT2D eigenvalue weighted by Crippen LogP contribution is -2.20. The van der Waals surface area contributed by atoms with Crippen LogP contribution in [-0.4, -0.2) is 48.0 Å². The van der Waals surface area contributed by atoms with Crippen molar-refractivity contribution in [2.45, 2.75) is 20.4 Å². The number of amides is 1. The van der Waals surface area contributed by atoms with Gasteiger partial charge in [0.2, 0.25) is 5.91 Å². The molecule has 10 nitrogen and oxygen atoms in total. The summed E-state index contributed by atoms with van der Waals surface area (Å²) < 4.78 is 17.1. The number of nitro groups is 1. The highest BCUT2D eigenvalue weighted by molar-refractivity contribution is 5.91. The first-order valence-electron chi connectivity index (χ1n) is 8.15. The van der Waals surface area contributed by atoms with E-state index in [9.17, 15) is 14.9 Å². The first-order valence-corrected chi connectivity index (χ1v) is 8.15. The van der Waals surface area contributed by atoms with Crippen LogP contribution in [0.1, 0.15) is 11.4 Å². The number of aromatic nitrogens is 2. The third-order valence-electron chi connectivity index (χ3n) is 3.81. The van der Waals surface area contributed by atoms with Gasteiger partial charge in [-0.15, -0.1) is 0 Å². The van der Waals surface area contributed by atoms with E-state index in [0.29, 0.717) is 36.1 Å². The molecular formula is C17H22N4O6. The highest BCUT2D eigenvalue weighted by Crippen LogP contribution is 2.30. The van der Waals surface area contributed by atoms with E-state index in [1.54, 1.807) is 32.2 Å². The van der Waals surface area contributed by atoms with E-state index in [1.165, 1.54) is 18.7 Å². The molecule has 1 N–H and O–H groups in total. The summed E-state index contributed by atoms with van der Waals surface area (Å²) in [6, 6.07) is 4.98. The molecule has 0 fully saturated rings. The summed E-state index contributed by atoms with van der Waals surface area (Å²) in [6.45, 7) is 3.69. The van der Waals surface area contributed by atoms with Crippen molar-refractivity contribution >= 4 is 17.3 Å². The minimum atomic E-state index is -0.501. The predicted octanol–water partition coefficient (Wildman–Crippen LogP) is 2.08. The number of carbonyl (C=O) groups excluding carboxylic acids is 1. The fourth-order valence-corrected chi connectivity index (χ4v) is 2.54. The zero-order chi connectivity index (χ0) is 20.0. The minimum Gasteiger partial charge on any atom is -0.493 e. The van der Waals surface area contributed by atoms with Gasteiger partial charge in [0.15, 0.2) is 11.5 Å². The van der Waals surface area contributed by atoms with E-state index >= 15 is 0 Å². The summed E-state index contributed by atoms with van der Waals surface area (Å²) in [5.74, 6) is 0.621. The van der Waals surface area contributed by atoms with Gasteiger partial charge in [-0.1, -0.05) is 0 Å². The zero-order valence-electron chi connectivity index (χ0n) is 15.6. The molecule has 0 aliphatic rings. The van der Waals surface area contributed by atoms with Crippen LogP contribution in [0.5, 0.6) is 11.5 Å². The van der Waals surface area contributed by atoms with Gasteiger partial charge in [-0.25, -0.2) is 0 Å². The van der Waals surface area contributed by atoms with Crippen molar-refractivity contribution in [1.29, 1.82) is 0 Å². The number of anilines is 1. The molecule has 1 amide bonds. The number of hydrogen-bond acceptors (Lipinski definition) is 7. The molecule has 1 aromatic heterocycles. The van der Waals surface area contributed by atoms with E-state index in [4.69, 9.17) is 14.2 Å². The van der Waals surface area contributed by atoms with Crippen molar-refractivity contribution in [2.75, 3.05) is 32.8 Å². The van der Waals surface area contributed by atoms with Crippen LogP contribution in [0.15, 0.2) is 18.2 Å². The first kappa shape index (κ1) is 20.2. The van der Waals surface area contributed by atoms with Gasteiger partial charge in [-0.3, -0.25) is 19.6 Å². The first-order chi connectivity index (χ1) is 12.9. The standard InChI is InChI=1S/C17H22N4O6/c1-11-17(21(23)24)12(2)20(19-11)10-16(22)18-13-5-6-14(26-4)15(9-13)27-8-7-25-3/h5-6,9H,7-8,10H2,1-4H3,(H,18,22). The van der Waals surface area contributed by atoms with Crippen molar-refractivity contribution in [3.8, 4) is 11.5 Å². The molecular weight excluding hydrogens is 356 g/mol. The summed E-state index contributed by atoms with van der Waals surface area (Å²) in [7, 11) is 3.09. The fraction of sp³-hybridized carbons (Fsp3) is 0.412. The molecule has 27 heavy (non-hydrogen) atoms. The lowest BCUT2D eigenvalue weighted by Gasteiger charge is -2.13. The van der Waals surface area contributed by atoms with Gasteiger partial charge < -0.3 is 19.5 Å². The smallest absolute Gasteiger partial charge is 0.312 e. The Morgan fingerprint density at radius 3 is 2.59 bits per heavy atom. The quantitative estimate of drug-likeness (QED) is 0.403. The zero-order valence-corrected chi connectivity index (χ0v) is 15.6. The summed E-state index contributed by atoms with van der Waals surface area (Å²) in [4.78, 5) is 22.9. The summed E-state index contributed by atoms with van der Waals surface area (Å²) in [5, 5.41) is 17.8. The van der Waals surface area contributed by atoms with Crippen molar-refractivity contribution in [2.24, 2.45) is 0 Å².